The van der Waals surface area contributed by atoms with Crippen LogP contribution in [0.3, 0.4) is 0 Å². The Morgan fingerprint density at radius 1 is 1.07 bits per heavy atom. The Morgan fingerprint density at radius 3 is 2.73 bits per heavy atom. The number of ether oxygens (including phenoxy) is 3. The van der Waals surface area contributed by atoms with Crippen molar-refractivity contribution in [3.05, 3.63) is 65.2 Å². The van der Waals surface area contributed by atoms with Crippen molar-refractivity contribution in [1.29, 1.82) is 0 Å². The summed E-state index contributed by atoms with van der Waals surface area (Å²) in [6.45, 7) is 5.71. The number of hydrogen-bond donors (Lipinski definition) is 1. The normalized spacial score (nSPS) is 25.5. The van der Waals surface area contributed by atoms with E-state index in [0.29, 0.717) is 19.1 Å². The van der Waals surface area contributed by atoms with E-state index in [-0.39, 0.29) is 6.10 Å². The van der Waals surface area contributed by atoms with Gasteiger partial charge in [0.15, 0.2) is 0 Å². The van der Waals surface area contributed by atoms with Gasteiger partial charge in [0.05, 0.1) is 13.2 Å². The highest BCUT2D eigenvalue weighted by atomic mass is 16.8. The molecule has 3 aliphatic rings. The first-order valence-electron chi connectivity index (χ1n) is 11.3. The topological polar surface area (TPSA) is 39.7 Å². The molecule has 30 heavy (non-hydrogen) atoms. The van der Waals surface area contributed by atoms with E-state index in [1.54, 1.807) is 0 Å². The Labute approximate surface area is 179 Å². The lowest BCUT2D eigenvalue weighted by atomic mass is 9.76. The SMILES string of the molecule is CC(Oc1cccc(C2CCCCC2C)c1)c1ccc2c(c1)C=CC1(N2)OCCO1. The zero-order valence-electron chi connectivity index (χ0n) is 17.9. The Balaban J connectivity index is 1.31. The molecule has 2 aromatic rings. The summed E-state index contributed by atoms with van der Waals surface area (Å²) in [7, 11) is 0. The minimum absolute atomic E-state index is 0.0300. The predicted octanol–water partition coefficient (Wildman–Crippen LogP) is 6.26. The van der Waals surface area contributed by atoms with Crippen LogP contribution in [-0.4, -0.2) is 19.1 Å². The van der Waals surface area contributed by atoms with Gasteiger partial charge in [-0.05, 0) is 78.3 Å². The second-order valence-electron chi connectivity index (χ2n) is 8.87. The van der Waals surface area contributed by atoms with Gasteiger partial charge in [-0.3, -0.25) is 0 Å². The van der Waals surface area contributed by atoms with Crippen LogP contribution in [0.4, 0.5) is 5.69 Å². The molecule has 5 rings (SSSR count). The first-order chi connectivity index (χ1) is 14.6. The molecule has 2 aliphatic heterocycles. The number of rotatable bonds is 4. The minimum Gasteiger partial charge on any atom is -0.486 e. The van der Waals surface area contributed by atoms with Gasteiger partial charge in [0, 0.05) is 5.69 Å². The van der Waals surface area contributed by atoms with Crippen LogP contribution in [0.15, 0.2) is 48.5 Å². The molecule has 4 heteroatoms. The Bertz CT molecular complexity index is 932. The van der Waals surface area contributed by atoms with E-state index in [2.05, 4.69) is 67.7 Å². The molecule has 2 aromatic carbocycles. The van der Waals surface area contributed by atoms with Gasteiger partial charge in [0.1, 0.15) is 11.9 Å². The largest absolute Gasteiger partial charge is 0.486 e. The number of anilines is 1. The molecule has 0 radical (unpaired) electrons. The summed E-state index contributed by atoms with van der Waals surface area (Å²) in [6.07, 6.45) is 9.32. The van der Waals surface area contributed by atoms with E-state index in [9.17, 15) is 0 Å². The fourth-order valence-corrected chi connectivity index (χ4v) is 5.01. The summed E-state index contributed by atoms with van der Waals surface area (Å²) in [5, 5.41) is 3.36. The van der Waals surface area contributed by atoms with Crippen molar-refractivity contribution >= 4 is 11.8 Å². The summed E-state index contributed by atoms with van der Waals surface area (Å²) < 4.78 is 17.8. The van der Waals surface area contributed by atoms with Crippen LogP contribution in [0.1, 0.15) is 68.2 Å². The van der Waals surface area contributed by atoms with Crippen LogP contribution >= 0.6 is 0 Å². The van der Waals surface area contributed by atoms with Gasteiger partial charge in [0.2, 0.25) is 0 Å². The summed E-state index contributed by atoms with van der Waals surface area (Å²) in [4.78, 5) is 0. The van der Waals surface area contributed by atoms with Gasteiger partial charge >= 0.3 is 0 Å². The molecule has 4 nitrogen and oxygen atoms in total. The van der Waals surface area contributed by atoms with Gasteiger partial charge in [-0.1, -0.05) is 44.4 Å². The molecule has 0 bridgehead atoms. The maximum absolute atomic E-state index is 6.36. The van der Waals surface area contributed by atoms with E-state index >= 15 is 0 Å². The molecule has 158 valence electrons. The molecule has 3 unspecified atom stereocenters. The highest BCUT2D eigenvalue weighted by Gasteiger charge is 2.36. The lowest BCUT2D eigenvalue weighted by Crippen LogP contribution is -2.38. The van der Waals surface area contributed by atoms with Crippen LogP contribution in [0.5, 0.6) is 5.75 Å². The molecule has 1 saturated heterocycles. The lowest BCUT2D eigenvalue weighted by molar-refractivity contribution is -0.0913. The standard InChI is InChI=1S/C26H31NO3/c1-18-6-3-4-9-24(18)21-7-5-8-23(17-21)30-19(2)20-10-11-25-22(16-20)12-13-26(27-25)28-14-15-29-26/h5,7-8,10-13,16-19,24,27H,3-4,6,9,14-15H2,1-2H3. The second kappa shape index (κ2) is 8.09. The highest BCUT2D eigenvalue weighted by molar-refractivity contribution is 5.72. The van der Waals surface area contributed by atoms with E-state index in [1.165, 1.54) is 31.2 Å². The highest BCUT2D eigenvalue weighted by Crippen LogP contribution is 2.39. The quantitative estimate of drug-likeness (QED) is 0.652. The number of benzene rings is 2. The average molecular weight is 406 g/mol. The van der Waals surface area contributed by atoms with Crippen molar-refractivity contribution in [1.82, 2.24) is 0 Å². The molecule has 0 aromatic heterocycles. The summed E-state index contributed by atoms with van der Waals surface area (Å²) in [5.74, 6) is 1.57. The summed E-state index contributed by atoms with van der Waals surface area (Å²) in [6, 6.07) is 15.1. The van der Waals surface area contributed by atoms with Gasteiger partial charge in [-0.15, -0.1) is 0 Å². The van der Waals surface area contributed by atoms with Crippen molar-refractivity contribution < 1.29 is 14.2 Å². The molecular weight excluding hydrogens is 374 g/mol. The van der Waals surface area contributed by atoms with Gasteiger partial charge in [0.25, 0.3) is 5.91 Å². The molecular formula is C26H31NO3. The third-order valence-corrected chi connectivity index (χ3v) is 6.76. The van der Waals surface area contributed by atoms with Gasteiger partial charge in [-0.25, -0.2) is 0 Å². The van der Waals surface area contributed by atoms with Gasteiger partial charge in [-0.2, -0.15) is 0 Å². The first kappa shape index (κ1) is 19.7. The molecule has 1 spiro atoms. The Morgan fingerprint density at radius 2 is 1.90 bits per heavy atom. The van der Waals surface area contributed by atoms with Crippen molar-refractivity contribution in [2.45, 2.75) is 57.5 Å². The predicted molar refractivity (Wildman–Crippen MR) is 120 cm³/mol. The van der Waals surface area contributed by atoms with E-state index in [4.69, 9.17) is 14.2 Å². The number of hydrogen-bond acceptors (Lipinski definition) is 4. The van der Waals surface area contributed by atoms with Crippen LogP contribution in [-0.2, 0) is 9.47 Å². The fourth-order valence-electron chi connectivity index (χ4n) is 5.01. The van der Waals surface area contributed by atoms with Crippen LogP contribution in [0.2, 0.25) is 0 Å². The number of nitrogens with one attached hydrogen (secondary N) is 1. The molecule has 1 aliphatic carbocycles. The number of fused-ring (bicyclic) bond motifs is 1. The monoisotopic (exact) mass is 405 g/mol. The summed E-state index contributed by atoms with van der Waals surface area (Å²) >= 11 is 0. The Kier molecular flexibility index (Phi) is 5.30. The van der Waals surface area contributed by atoms with Crippen LogP contribution in [0.25, 0.3) is 6.08 Å². The van der Waals surface area contributed by atoms with Crippen molar-refractivity contribution in [2.75, 3.05) is 18.5 Å². The fraction of sp³-hybridized carbons (Fsp3) is 0.462. The molecule has 0 amide bonds. The molecule has 2 fully saturated rings. The molecule has 3 atom stereocenters. The molecule has 2 heterocycles. The van der Waals surface area contributed by atoms with Crippen molar-refractivity contribution in [3.63, 3.8) is 0 Å². The third-order valence-electron chi connectivity index (χ3n) is 6.76. The summed E-state index contributed by atoms with van der Waals surface area (Å²) in [5.41, 5.74) is 4.72. The van der Waals surface area contributed by atoms with E-state index in [0.717, 1.165) is 28.5 Å². The maximum atomic E-state index is 6.36. The van der Waals surface area contributed by atoms with E-state index < -0.39 is 5.91 Å². The van der Waals surface area contributed by atoms with Crippen LogP contribution < -0.4 is 10.1 Å². The second-order valence-corrected chi connectivity index (χ2v) is 8.87. The maximum Gasteiger partial charge on any atom is 0.271 e. The third kappa shape index (κ3) is 3.86. The Hall–Kier alpha value is -2.30. The minimum atomic E-state index is -0.798. The lowest BCUT2D eigenvalue weighted by Gasteiger charge is -2.30. The average Bonchev–Trinajstić information content (AvgIpc) is 3.21. The van der Waals surface area contributed by atoms with Crippen molar-refractivity contribution in [2.24, 2.45) is 5.92 Å². The zero-order valence-corrected chi connectivity index (χ0v) is 17.9. The van der Waals surface area contributed by atoms with Crippen molar-refractivity contribution in [3.8, 4) is 5.75 Å². The first-order valence-corrected chi connectivity index (χ1v) is 11.3. The smallest absolute Gasteiger partial charge is 0.271 e. The van der Waals surface area contributed by atoms with Crippen LogP contribution in [0, 0.1) is 5.92 Å². The van der Waals surface area contributed by atoms with E-state index in [1.807, 2.05) is 6.08 Å². The zero-order chi connectivity index (χ0) is 20.6. The molecule has 1 saturated carbocycles. The molecule has 1 N–H and O–H groups in total. The van der Waals surface area contributed by atoms with Gasteiger partial charge < -0.3 is 19.5 Å².